The monoisotopic (exact) mass is 385 g/mol. The topological polar surface area (TPSA) is 77.0 Å². The molecule has 7 heteroatoms. The smallest absolute Gasteiger partial charge is 0.253 e. The summed E-state index contributed by atoms with van der Waals surface area (Å²) in [4.78, 5) is 22.7. The van der Waals surface area contributed by atoms with Gasteiger partial charge in [0.1, 0.15) is 17.2 Å². The molecule has 27 heavy (non-hydrogen) atoms. The van der Waals surface area contributed by atoms with E-state index in [4.69, 9.17) is 17.3 Å². The molecule has 0 bridgehead atoms. The first-order valence-electron chi connectivity index (χ1n) is 8.83. The van der Waals surface area contributed by atoms with Gasteiger partial charge in [-0.05, 0) is 42.5 Å². The summed E-state index contributed by atoms with van der Waals surface area (Å²) >= 11 is 6.34. The van der Waals surface area contributed by atoms with Gasteiger partial charge in [-0.3, -0.25) is 9.36 Å². The number of benzene rings is 1. The number of anilines is 1. The van der Waals surface area contributed by atoms with Crippen molar-refractivity contribution in [1.29, 1.82) is 0 Å². The van der Waals surface area contributed by atoms with E-state index in [0.29, 0.717) is 16.8 Å². The van der Waals surface area contributed by atoms with Crippen LogP contribution in [0.5, 0.6) is 0 Å². The van der Waals surface area contributed by atoms with Crippen molar-refractivity contribution in [2.75, 3.05) is 19.8 Å². The number of hydrogen-bond donors (Lipinski definition) is 1. The third-order valence-corrected chi connectivity index (χ3v) is 4.92. The molecule has 0 aliphatic rings. The molecule has 2 N–H and O–H groups in total. The van der Waals surface area contributed by atoms with Crippen LogP contribution >= 0.6 is 11.6 Å². The molecule has 142 valence electrons. The normalized spacial score (nSPS) is 11.4. The lowest BCUT2D eigenvalue weighted by Crippen LogP contribution is -2.24. The van der Waals surface area contributed by atoms with Gasteiger partial charge < -0.3 is 10.6 Å². The predicted octanol–water partition coefficient (Wildman–Crippen LogP) is 3.86. The average molecular weight is 386 g/mol. The molecule has 0 aliphatic carbocycles. The van der Waals surface area contributed by atoms with E-state index in [2.05, 4.69) is 23.8 Å². The Morgan fingerprint density at radius 2 is 2.04 bits per heavy atom. The summed E-state index contributed by atoms with van der Waals surface area (Å²) in [5.74, 6) is 1.19. The number of nitrogens with zero attached hydrogens (tertiary/aromatic N) is 4. The van der Waals surface area contributed by atoms with Crippen molar-refractivity contribution in [2.45, 2.75) is 27.2 Å². The summed E-state index contributed by atoms with van der Waals surface area (Å²) < 4.78 is 1.90. The Bertz CT molecular complexity index is 1020. The average Bonchev–Trinajstić information content (AvgIpc) is 3.00. The van der Waals surface area contributed by atoms with Gasteiger partial charge in [-0.1, -0.05) is 25.4 Å². The SMILES string of the molecule is Cc1cc2c(ccn2-c2ncnc(N)c2Cl)c(CC(C)C)c1C(=O)N(C)C. The van der Waals surface area contributed by atoms with Gasteiger partial charge >= 0.3 is 0 Å². The molecular formula is C20H24ClN5O. The molecule has 0 atom stereocenters. The second-order valence-corrected chi connectivity index (χ2v) is 7.74. The molecular weight excluding hydrogens is 362 g/mol. The summed E-state index contributed by atoms with van der Waals surface area (Å²) in [5, 5.41) is 1.33. The van der Waals surface area contributed by atoms with Crippen LogP contribution in [-0.4, -0.2) is 39.4 Å². The van der Waals surface area contributed by atoms with E-state index >= 15 is 0 Å². The molecule has 2 aromatic heterocycles. The van der Waals surface area contributed by atoms with Crippen molar-refractivity contribution in [2.24, 2.45) is 5.92 Å². The van der Waals surface area contributed by atoms with Crippen LogP contribution < -0.4 is 5.73 Å². The number of hydrogen-bond acceptors (Lipinski definition) is 4. The number of amides is 1. The van der Waals surface area contributed by atoms with Gasteiger partial charge in [0.2, 0.25) is 0 Å². The fraction of sp³-hybridized carbons (Fsp3) is 0.350. The second-order valence-electron chi connectivity index (χ2n) is 7.36. The number of halogens is 1. The van der Waals surface area contributed by atoms with Crippen LogP contribution in [0.25, 0.3) is 16.7 Å². The summed E-state index contributed by atoms with van der Waals surface area (Å²) in [7, 11) is 3.56. The molecule has 6 nitrogen and oxygen atoms in total. The molecule has 0 radical (unpaired) electrons. The van der Waals surface area contributed by atoms with Crippen LogP contribution in [0.4, 0.5) is 5.82 Å². The van der Waals surface area contributed by atoms with Crippen molar-refractivity contribution >= 4 is 34.2 Å². The zero-order valence-electron chi connectivity index (χ0n) is 16.2. The van der Waals surface area contributed by atoms with E-state index in [-0.39, 0.29) is 11.7 Å². The number of aryl methyl sites for hydroxylation is 1. The Hall–Kier alpha value is -2.60. The van der Waals surface area contributed by atoms with Crippen molar-refractivity contribution < 1.29 is 4.79 Å². The predicted molar refractivity (Wildman–Crippen MR) is 110 cm³/mol. The van der Waals surface area contributed by atoms with E-state index in [1.165, 1.54) is 6.33 Å². The fourth-order valence-electron chi connectivity index (χ4n) is 3.36. The fourth-order valence-corrected chi connectivity index (χ4v) is 3.55. The van der Waals surface area contributed by atoms with Gasteiger partial charge in [0, 0.05) is 31.2 Å². The largest absolute Gasteiger partial charge is 0.382 e. The minimum absolute atomic E-state index is 0.0158. The zero-order chi connectivity index (χ0) is 19.9. The van der Waals surface area contributed by atoms with Gasteiger partial charge in [-0.25, -0.2) is 9.97 Å². The van der Waals surface area contributed by atoms with Crippen LogP contribution in [-0.2, 0) is 6.42 Å². The third kappa shape index (κ3) is 3.37. The molecule has 0 saturated heterocycles. The van der Waals surface area contributed by atoms with Crippen LogP contribution in [0.2, 0.25) is 5.02 Å². The van der Waals surface area contributed by atoms with Crippen LogP contribution in [0.15, 0.2) is 24.7 Å². The maximum absolute atomic E-state index is 12.8. The number of rotatable bonds is 4. The first kappa shape index (κ1) is 19.2. The third-order valence-electron chi connectivity index (χ3n) is 4.56. The Balaban J connectivity index is 2.33. The molecule has 2 heterocycles. The Kier molecular flexibility index (Phi) is 5.11. The Morgan fingerprint density at radius 3 is 2.67 bits per heavy atom. The van der Waals surface area contributed by atoms with Crippen molar-refractivity contribution in [1.82, 2.24) is 19.4 Å². The minimum Gasteiger partial charge on any atom is -0.382 e. The highest BCUT2D eigenvalue weighted by Gasteiger charge is 2.22. The van der Waals surface area contributed by atoms with Gasteiger partial charge in [0.05, 0.1) is 5.52 Å². The highest BCUT2D eigenvalue weighted by Crippen LogP contribution is 2.33. The van der Waals surface area contributed by atoms with Crippen LogP contribution in [0.1, 0.15) is 35.3 Å². The van der Waals surface area contributed by atoms with Crippen molar-refractivity contribution in [3.8, 4) is 5.82 Å². The maximum atomic E-state index is 12.8. The lowest BCUT2D eigenvalue weighted by atomic mass is 9.91. The lowest BCUT2D eigenvalue weighted by Gasteiger charge is -2.19. The number of nitrogen functional groups attached to an aromatic ring is 1. The van der Waals surface area contributed by atoms with Crippen LogP contribution in [0, 0.1) is 12.8 Å². The van der Waals surface area contributed by atoms with Gasteiger partial charge in [-0.2, -0.15) is 0 Å². The molecule has 1 amide bonds. The molecule has 3 aromatic rings. The number of carbonyl (C=O) groups is 1. The first-order valence-corrected chi connectivity index (χ1v) is 9.21. The molecule has 0 aliphatic heterocycles. The summed E-state index contributed by atoms with van der Waals surface area (Å²) in [6.45, 7) is 6.27. The summed E-state index contributed by atoms with van der Waals surface area (Å²) in [6.07, 6.45) is 4.11. The van der Waals surface area contributed by atoms with E-state index in [1.54, 1.807) is 19.0 Å². The minimum atomic E-state index is 0.0158. The summed E-state index contributed by atoms with van der Waals surface area (Å²) in [5.41, 5.74) is 9.54. The number of nitrogens with two attached hydrogens (primary N) is 1. The van der Waals surface area contributed by atoms with Crippen molar-refractivity contribution in [3.05, 3.63) is 46.4 Å². The van der Waals surface area contributed by atoms with Crippen LogP contribution in [0.3, 0.4) is 0 Å². The quantitative estimate of drug-likeness (QED) is 0.739. The maximum Gasteiger partial charge on any atom is 0.253 e. The van der Waals surface area contributed by atoms with Gasteiger partial charge in [0.25, 0.3) is 5.91 Å². The highest BCUT2D eigenvalue weighted by atomic mass is 35.5. The second kappa shape index (κ2) is 7.19. The van der Waals surface area contributed by atoms with E-state index in [0.717, 1.165) is 34.0 Å². The van der Waals surface area contributed by atoms with Crippen molar-refractivity contribution in [3.63, 3.8) is 0 Å². The standard InChI is InChI=1S/C20H24ClN5O/c1-11(2)8-14-13-6-7-26(19-17(21)18(22)23-10-24-19)15(13)9-12(3)16(14)20(27)25(4)5/h6-7,9-11H,8H2,1-5H3,(H2,22,23,24). The number of carbonyl (C=O) groups excluding carboxylic acids is 1. The van der Waals surface area contributed by atoms with E-state index in [9.17, 15) is 4.79 Å². The molecule has 0 saturated carbocycles. The first-order chi connectivity index (χ1) is 12.7. The highest BCUT2D eigenvalue weighted by molar-refractivity contribution is 6.34. The number of aromatic nitrogens is 3. The Morgan fingerprint density at radius 1 is 1.33 bits per heavy atom. The molecule has 0 fully saturated rings. The molecule has 0 unspecified atom stereocenters. The van der Waals surface area contributed by atoms with Gasteiger partial charge in [0.15, 0.2) is 5.82 Å². The lowest BCUT2D eigenvalue weighted by molar-refractivity contribution is 0.0826. The van der Waals surface area contributed by atoms with E-state index in [1.807, 2.05) is 29.8 Å². The zero-order valence-corrected chi connectivity index (χ0v) is 17.0. The van der Waals surface area contributed by atoms with E-state index < -0.39 is 0 Å². The molecule has 3 rings (SSSR count). The Labute approximate surface area is 164 Å². The van der Waals surface area contributed by atoms with Gasteiger partial charge in [-0.15, -0.1) is 0 Å². The molecule has 1 aromatic carbocycles. The number of fused-ring (bicyclic) bond motifs is 1. The molecule has 0 spiro atoms. The summed E-state index contributed by atoms with van der Waals surface area (Å²) in [6, 6.07) is 4.01.